The standard InChI is InChI=1S/C8H10N4O3/c1-9-7-6(8(13)10-2)3-5(4-11-7)12(14)15/h3-4H,1-2H3,(H,9,11)(H,10,13)/p+1. The number of carbonyl (C=O) groups is 1. The van der Waals surface area contributed by atoms with E-state index < -0.39 is 4.92 Å². The van der Waals surface area contributed by atoms with Crippen molar-refractivity contribution in [1.82, 2.24) is 5.32 Å². The van der Waals surface area contributed by atoms with Crippen molar-refractivity contribution in [2.24, 2.45) is 0 Å². The van der Waals surface area contributed by atoms with Gasteiger partial charge in [-0.25, -0.2) is 4.98 Å². The fourth-order valence-electron chi connectivity index (χ4n) is 1.11. The van der Waals surface area contributed by atoms with E-state index in [2.05, 4.69) is 15.6 Å². The zero-order chi connectivity index (χ0) is 11.4. The van der Waals surface area contributed by atoms with Crippen LogP contribution in [0.1, 0.15) is 10.4 Å². The number of nitrogens with one attached hydrogen (secondary N) is 3. The lowest BCUT2D eigenvalue weighted by Crippen LogP contribution is -2.24. The number of pyridine rings is 1. The molecule has 15 heavy (non-hydrogen) atoms. The number of rotatable bonds is 3. The number of hydrogen-bond acceptors (Lipinski definition) is 4. The van der Waals surface area contributed by atoms with Crippen LogP contribution in [0, 0.1) is 10.1 Å². The molecule has 0 saturated heterocycles. The highest BCUT2D eigenvalue weighted by Gasteiger charge is 2.20. The van der Waals surface area contributed by atoms with Gasteiger partial charge in [-0.3, -0.25) is 20.2 Å². The van der Waals surface area contributed by atoms with Gasteiger partial charge in [0.15, 0.2) is 6.20 Å². The normalized spacial score (nSPS) is 9.47. The van der Waals surface area contributed by atoms with Crippen LogP contribution in [0.4, 0.5) is 11.5 Å². The molecule has 0 spiro atoms. The van der Waals surface area contributed by atoms with Crippen molar-refractivity contribution >= 4 is 17.4 Å². The molecule has 1 aromatic rings. The number of H-pyrrole nitrogens is 1. The number of anilines is 1. The maximum absolute atomic E-state index is 11.4. The SMILES string of the molecule is CNC(=O)c1cc([N+](=O)[O-])c[nH+]c1NC. The van der Waals surface area contributed by atoms with E-state index in [0.717, 1.165) is 0 Å². The van der Waals surface area contributed by atoms with Gasteiger partial charge >= 0.3 is 5.69 Å². The van der Waals surface area contributed by atoms with Crippen LogP contribution in [0.2, 0.25) is 0 Å². The van der Waals surface area contributed by atoms with Gasteiger partial charge in [-0.1, -0.05) is 0 Å². The topological polar surface area (TPSA) is 98.4 Å². The lowest BCUT2D eigenvalue weighted by molar-refractivity contribution is -0.413. The molecular formula is C8H11N4O3+. The summed E-state index contributed by atoms with van der Waals surface area (Å²) in [4.78, 5) is 23.9. The number of carbonyl (C=O) groups excluding carboxylic acids is 1. The summed E-state index contributed by atoms with van der Waals surface area (Å²) in [6.45, 7) is 0. The Morgan fingerprint density at radius 3 is 2.67 bits per heavy atom. The number of aromatic nitrogens is 1. The summed E-state index contributed by atoms with van der Waals surface area (Å²) >= 11 is 0. The van der Waals surface area contributed by atoms with Crippen LogP contribution in [0.5, 0.6) is 0 Å². The summed E-state index contributed by atoms with van der Waals surface area (Å²) in [5, 5.41) is 15.6. The van der Waals surface area contributed by atoms with Gasteiger partial charge in [0.25, 0.3) is 11.7 Å². The second kappa shape index (κ2) is 4.36. The van der Waals surface area contributed by atoms with Crippen LogP contribution in [-0.4, -0.2) is 24.9 Å². The maximum atomic E-state index is 11.4. The van der Waals surface area contributed by atoms with E-state index in [9.17, 15) is 14.9 Å². The molecule has 7 heteroatoms. The van der Waals surface area contributed by atoms with Crippen LogP contribution in [-0.2, 0) is 0 Å². The second-order valence-electron chi connectivity index (χ2n) is 2.73. The van der Waals surface area contributed by atoms with Crippen molar-refractivity contribution in [2.75, 3.05) is 19.4 Å². The van der Waals surface area contributed by atoms with Crippen LogP contribution in [0.15, 0.2) is 12.3 Å². The summed E-state index contributed by atoms with van der Waals surface area (Å²) in [6.07, 6.45) is 1.22. The van der Waals surface area contributed by atoms with Gasteiger partial charge in [-0.05, 0) is 0 Å². The average molecular weight is 211 g/mol. The Kier molecular flexibility index (Phi) is 3.17. The lowest BCUT2D eigenvalue weighted by atomic mass is 10.2. The van der Waals surface area contributed by atoms with Crippen molar-refractivity contribution in [2.45, 2.75) is 0 Å². The molecule has 0 bridgehead atoms. The highest BCUT2D eigenvalue weighted by molar-refractivity contribution is 5.98. The van der Waals surface area contributed by atoms with Crippen molar-refractivity contribution < 1.29 is 14.7 Å². The van der Waals surface area contributed by atoms with Gasteiger partial charge in [-0.15, -0.1) is 0 Å². The Labute approximate surface area is 85.7 Å². The Bertz CT molecular complexity index is 405. The minimum atomic E-state index is -0.567. The fourth-order valence-corrected chi connectivity index (χ4v) is 1.11. The molecule has 3 N–H and O–H groups in total. The Hall–Kier alpha value is -2.18. The molecule has 7 nitrogen and oxygen atoms in total. The third-order valence-electron chi connectivity index (χ3n) is 1.86. The van der Waals surface area contributed by atoms with Crippen molar-refractivity contribution in [3.05, 3.63) is 27.9 Å². The summed E-state index contributed by atoms with van der Waals surface area (Å²) in [5.74, 6) is 0.0410. The number of amides is 1. The molecule has 0 aromatic carbocycles. The first-order valence-corrected chi connectivity index (χ1v) is 4.20. The summed E-state index contributed by atoms with van der Waals surface area (Å²) < 4.78 is 0. The van der Waals surface area contributed by atoms with Crippen molar-refractivity contribution in [3.63, 3.8) is 0 Å². The number of aromatic amines is 1. The van der Waals surface area contributed by atoms with Gasteiger partial charge in [0.05, 0.1) is 12.0 Å². The molecule has 80 valence electrons. The monoisotopic (exact) mass is 211 g/mol. The van der Waals surface area contributed by atoms with Crippen LogP contribution in [0.3, 0.4) is 0 Å². The van der Waals surface area contributed by atoms with E-state index in [1.807, 2.05) is 0 Å². The number of nitro groups is 1. The van der Waals surface area contributed by atoms with Crippen molar-refractivity contribution in [1.29, 1.82) is 0 Å². The van der Waals surface area contributed by atoms with E-state index >= 15 is 0 Å². The molecule has 0 saturated carbocycles. The molecule has 1 aromatic heterocycles. The maximum Gasteiger partial charge on any atom is 0.309 e. The summed E-state index contributed by atoms with van der Waals surface area (Å²) in [7, 11) is 3.07. The van der Waals surface area contributed by atoms with Crippen molar-refractivity contribution in [3.8, 4) is 0 Å². The first kappa shape index (κ1) is 10.9. The first-order chi connectivity index (χ1) is 7.10. The van der Waals surface area contributed by atoms with E-state index in [-0.39, 0.29) is 17.2 Å². The first-order valence-electron chi connectivity index (χ1n) is 4.20. The van der Waals surface area contributed by atoms with Gasteiger partial charge in [0.1, 0.15) is 5.56 Å². The molecule has 0 atom stereocenters. The Morgan fingerprint density at radius 2 is 2.20 bits per heavy atom. The number of nitrogens with zero attached hydrogens (tertiary/aromatic N) is 1. The fraction of sp³-hybridized carbons (Fsp3) is 0.250. The molecule has 0 aliphatic rings. The van der Waals surface area contributed by atoms with Gasteiger partial charge < -0.3 is 5.32 Å². The molecule has 0 fully saturated rings. The minimum Gasteiger partial charge on any atom is -0.355 e. The molecule has 1 heterocycles. The van der Waals surface area contributed by atoms with E-state index in [1.165, 1.54) is 19.3 Å². The summed E-state index contributed by atoms with van der Waals surface area (Å²) in [5.41, 5.74) is 0.0433. The third-order valence-corrected chi connectivity index (χ3v) is 1.86. The zero-order valence-electron chi connectivity index (χ0n) is 8.33. The third kappa shape index (κ3) is 2.19. The van der Waals surface area contributed by atoms with E-state index in [1.54, 1.807) is 7.05 Å². The zero-order valence-corrected chi connectivity index (χ0v) is 8.33. The van der Waals surface area contributed by atoms with E-state index in [4.69, 9.17) is 0 Å². The van der Waals surface area contributed by atoms with E-state index in [0.29, 0.717) is 5.82 Å². The quantitative estimate of drug-likeness (QED) is 0.534. The summed E-state index contributed by atoms with van der Waals surface area (Å²) in [6, 6.07) is 1.21. The predicted molar refractivity (Wildman–Crippen MR) is 52.6 cm³/mol. The number of hydrogen-bond donors (Lipinski definition) is 2. The lowest BCUT2D eigenvalue weighted by Gasteiger charge is -2.01. The molecule has 0 aliphatic carbocycles. The second-order valence-corrected chi connectivity index (χ2v) is 2.73. The smallest absolute Gasteiger partial charge is 0.309 e. The molecule has 0 aliphatic heterocycles. The molecular weight excluding hydrogens is 200 g/mol. The molecule has 0 radical (unpaired) electrons. The van der Waals surface area contributed by atoms with Gasteiger partial charge in [0, 0.05) is 13.1 Å². The van der Waals surface area contributed by atoms with Crippen LogP contribution < -0.4 is 15.6 Å². The van der Waals surface area contributed by atoms with Crippen LogP contribution in [0.25, 0.3) is 0 Å². The highest BCUT2D eigenvalue weighted by atomic mass is 16.6. The highest BCUT2D eigenvalue weighted by Crippen LogP contribution is 2.15. The molecule has 0 unspecified atom stereocenters. The molecule has 1 amide bonds. The van der Waals surface area contributed by atoms with Crippen LogP contribution >= 0.6 is 0 Å². The van der Waals surface area contributed by atoms with Gasteiger partial charge in [-0.2, -0.15) is 0 Å². The Morgan fingerprint density at radius 1 is 1.53 bits per heavy atom. The molecule has 1 rings (SSSR count). The minimum absolute atomic E-state index is 0.160. The Balaban J connectivity index is 3.25. The predicted octanol–water partition coefficient (Wildman–Crippen LogP) is -0.190. The largest absolute Gasteiger partial charge is 0.355 e. The average Bonchev–Trinajstić information content (AvgIpc) is 2.27. The van der Waals surface area contributed by atoms with Gasteiger partial charge in [0.2, 0.25) is 0 Å².